The summed E-state index contributed by atoms with van der Waals surface area (Å²) in [6, 6.07) is 1.09. The van der Waals surface area contributed by atoms with Gasteiger partial charge in [-0.1, -0.05) is 13.8 Å². The van der Waals surface area contributed by atoms with Gasteiger partial charge in [-0.05, 0) is 44.1 Å². The first-order valence-electron chi connectivity index (χ1n) is 8.47. The number of methoxy groups -OCH3 is 1. The summed E-state index contributed by atoms with van der Waals surface area (Å²) in [5.74, 6) is 0.0594. The van der Waals surface area contributed by atoms with Crippen LogP contribution in [0.5, 0.6) is 0 Å². The first kappa shape index (κ1) is 18.2. The minimum absolute atomic E-state index is 0.192. The fraction of sp³-hybridized carbons (Fsp3) is 0.611. The van der Waals surface area contributed by atoms with Crippen LogP contribution in [0.2, 0.25) is 0 Å². The van der Waals surface area contributed by atoms with Crippen LogP contribution >= 0.6 is 0 Å². The molecule has 1 aromatic heterocycles. The molecule has 132 valence electrons. The smallest absolute Gasteiger partial charge is 0.330 e. The molecule has 1 aliphatic rings. The number of carbonyl (C=O) groups excluding carboxylic acids is 1. The molecule has 0 radical (unpaired) electrons. The van der Waals surface area contributed by atoms with Gasteiger partial charge in [0.15, 0.2) is 6.04 Å². The fourth-order valence-corrected chi connectivity index (χ4v) is 2.62. The van der Waals surface area contributed by atoms with Crippen molar-refractivity contribution >= 4 is 12.0 Å². The minimum Gasteiger partial charge on any atom is -0.501 e. The first-order chi connectivity index (χ1) is 11.5. The average molecular weight is 334 g/mol. The van der Waals surface area contributed by atoms with Crippen LogP contribution in [0.4, 0.5) is 0 Å². The Balaban J connectivity index is 2.48. The maximum atomic E-state index is 12.8. The molecule has 6 nitrogen and oxygen atoms in total. The van der Waals surface area contributed by atoms with Gasteiger partial charge in [0.2, 0.25) is 0 Å². The predicted molar refractivity (Wildman–Crippen MR) is 91.6 cm³/mol. The lowest BCUT2D eigenvalue weighted by Crippen LogP contribution is -2.35. The van der Waals surface area contributed by atoms with Crippen LogP contribution < -0.4 is 5.56 Å². The van der Waals surface area contributed by atoms with E-state index in [9.17, 15) is 9.59 Å². The third-order valence-electron chi connectivity index (χ3n) is 3.96. The second-order valence-electron chi connectivity index (χ2n) is 6.48. The molecule has 1 aromatic rings. The monoisotopic (exact) mass is 334 g/mol. The molecule has 1 atom stereocenters. The largest absolute Gasteiger partial charge is 0.501 e. The van der Waals surface area contributed by atoms with Crippen molar-refractivity contribution in [1.82, 2.24) is 9.78 Å². The van der Waals surface area contributed by atoms with Gasteiger partial charge in [-0.3, -0.25) is 4.79 Å². The summed E-state index contributed by atoms with van der Waals surface area (Å²) in [4.78, 5) is 25.0. The Labute approximate surface area is 142 Å². The van der Waals surface area contributed by atoms with Gasteiger partial charge in [0.25, 0.3) is 5.56 Å². The Morgan fingerprint density at radius 3 is 2.71 bits per heavy atom. The fourth-order valence-electron chi connectivity index (χ4n) is 2.62. The molecule has 0 saturated heterocycles. The number of ether oxygens (including phenoxy) is 2. The van der Waals surface area contributed by atoms with Gasteiger partial charge < -0.3 is 9.47 Å². The van der Waals surface area contributed by atoms with Crippen LogP contribution in [0.3, 0.4) is 0 Å². The van der Waals surface area contributed by atoms with Gasteiger partial charge in [0, 0.05) is 11.6 Å². The number of aromatic nitrogens is 2. The molecule has 1 unspecified atom stereocenters. The number of rotatable bonds is 8. The second kappa shape index (κ2) is 8.13. The standard InChI is InChI=1S/C18H26N2O4/c1-5-24-9-8-14-11-15(13-6-7-13)17(21)20(19-14)16(10-12(2)3)18(22)23-4/h8-9,11-13,16H,5-7,10H2,1-4H3. The minimum atomic E-state index is -0.708. The van der Waals surface area contributed by atoms with Gasteiger partial charge in [0.1, 0.15) is 0 Å². The zero-order valence-corrected chi connectivity index (χ0v) is 14.8. The van der Waals surface area contributed by atoms with Crippen LogP contribution in [-0.4, -0.2) is 29.5 Å². The average Bonchev–Trinajstić information content (AvgIpc) is 3.38. The van der Waals surface area contributed by atoms with E-state index in [0.29, 0.717) is 18.7 Å². The molecule has 6 heteroatoms. The van der Waals surface area contributed by atoms with E-state index in [4.69, 9.17) is 9.47 Å². The Morgan fingerprint density at radius 1 is 1.46 bits per heavy atom. The molecule has 0 N–H and O–H groups in total. The zero-order chi connectivity index (χ0) is 17.7. The van der Waals surface area contributed by atoms with Crippen molar-refractivity contribution in [1.29, 1.82) is 0 Å². The molecule has 0 aromatic carbocycles. The van der Waals surface area contributed by atoms with Crippen LogP contribution in [0.25, 0.3) is 6.08 Å². The van der Waals surface area contributed by atoms with Crippen molar-refractivity contribution in [3.8, 4) is 0 Å². The molecule has 2 rings (SSSR count). The maximum Gasteiger partial charge on any atom is 0.330 e. The van der Waals surface area contributed by atoms with E-state index < -0.39 is 12.0 Å². The van der Waals surface area contributed by atoms with E-state index >= 15 is 0 Å². The summed E-state index contributed by atoms with van der Waals surface area (Å²) in [5.41, 5.74) is 1.14. The lowest BCUT2D eigenvalue weighted by molar-refractivity contribution is -0.145. The van der Waals surface area contributed by atoms with E-state index in [1.54, 1.807) is 18.4 Å². The molecule has 0 aliphatic heterocycles. The molecule has 1 aliphatic carbocycles. The number of nitrogens with zero attached hydrogens (tertiary/aromatic N) is 2. The quantitative estimate of drug-likeness (QED) is 0.540. The lowest BCUT2D eigenvalue weighted by atomic mass is 10.0. The van der Waals surface area contributed by atoms with Crippen LogP contribution in [0.15, 0.2) is 17.1 Å². The number of esters is 1. The zero-order valence-electron chi connectivity index (χ0n) is 14.8. The second-order valence-corrected chi connectivity index (χ2v) is 6.48. The van der Waals surface area contributed by atoms with E-state index in [-0.39, 0.29) is 17.4 Å². The summed E-state index contributed by atoms with van der Waals surface area (Å²) in [5, 5.41) is 4.37. The van der Waals surface area contributed by atoms with Gasteiger partial charge in [-0.25, -0.2) is 9.48 Å². The molecule has 0 spiro atoms. The summed E-state index contributed by atoms with van der Waals surface area (Å²) in [6.07, 6.45) is 5.78. The van der Waals surface area contributed by atoms with Gasteiger partial charge in [0.05, 0.1) is 25.7 Å². The van der Waals surface area contributed by atoms with Gasteiger partial charge in [-0.15, -0.1) is 0 Å². The molecule has 1 saturated carbocycles. The molecular weight excluding hydrogens is 308 g/mol. The van der Waals surface area contributed by atoms with Crippen molar-refractivity contribution < 1.29 is 14.3 Å². The Hall–Kier alpha value is -2.11. The molecule has 24 heavy (non-hydrogen) atoms. The van der Waals surface area contributed by atoms with Crippen LogP contribution in [0.1, 0.15) is 63.3 Å². The third-order valence-corrected chi connectivity index (χ3v) is 3.96. The highest BCUT2D eigenvalue weighted by Gasteiger charge is 2.31. The molecule has 0 bridgehead atoms. The van der Waals surface area contributed by atoms with Crippen molar-refractivity contribution in [2.45, 2.75) is 52.0 Å². The van der Waals surface area contributed by atoms with Crippen LogP contribution in [0, 0.1) is 5.92 Å². The Bertz CT molecular complexity index is 659. The van der Waals surface area contributed by atoms with Crippen molar-refractivity contribution in [2.24, 2.45) is 5.92 Å². The van der Waals surface area contributed by atoms with Crippen LogP contribution in [-0.2, 0) is 14.3 Å². The van der Waals surface area contributed by atoms with E-state index in [0.717, 1.165) is 18.4 Å². The summed E-state index contributed by atoms with van der Waals surface area (Å²) in [6.45, 7) is 6.46. The Morgan fingerprint density at radius 2 is 2.17 bits per heavy atom. The number of hydrogen-bond donors (Lipinski definition) is 0. The molecule has 0 amide bonds. The van der Waals surface area contributed by atoms with Crippen molar-refractivity contribution in [2.75, 3.05) is 13.7 Å². The number of hydrogen-bond acceptors (Lipinski definition) is 5. The predicted octanol–water partition coefficient (Wildman–Crippen LogP) is 2.89. The normalized spacial score (nSPS) is 15.7. The summed E-state index contributed by atoms with van der Waals surface area (Å²) in [7, 11) is 1.33. The highest BCUT2D eigenvalue weighted by atomic mass is 16.5. The van der Waals surface area contributed by atoms with Gasteiger partial charge >= 0.3 is 5.97 Å². The topological polar surface area (TPSA) is 70.4 Å². The summed E-state index contributed by atoms with van der Waals surface area (Å²) < 4.78 is 11.4. The molecular formula is C18H26N2O4. The first-order valence-corrected chi connectivity index (χ1v) is 8.47. The highest BCUT2D eigenvalue weighted by Crippen LogP contribution is 2.38. The van der Waals surface area contributed by atoms with E-state index in [2.05, 4.69) is 5.10 Å². The highest BCUT2D eigenvalue weighted by molar-refractivity contribution is 5.74. The molecule has 1 heterocycles. The van der Waals surface area contributed by atoms with E-state index in [1.165, 1.54) is 11.8 Å². The van der Waals surface area contributed by atoms with E-state index in [1.807, 2.05) is 20.8 Å². The lowest BCUT2D eigenvalue weighted by Gasteiger charge is -2.19. The SMILES string of the molecule is CCOC=Cc1cc(C2CC2)c(=O)n(C(CC(C)C)C(=O)OC)n1. The third kappa shape index (κ3) is 4.46. The summed E-state index contributed by atoms with van der Waals surface area (Å²) >= 11 is 0. The molecule has 1 fully saturated rings. The maximum absolute atomic E-state index is 12.8. The van der Waals surface area contributed by atoms with Crippen molar-refractivity contribution in [3.63, 3.8) is 0 Å². The Kier molecular flexibility index (Phi) is 6.17. The van der Waals surface area contributed by atoms with Gasteiger partial charge in [-0.2, -0.15) is 5.10 Å². The van der Waals surface area contributed by atoms with Crippen molar-refractivity contribution in [3.05, 3.63) is 33.9 Å². The number of carbonyl (C=O) groups is 1.